The zero-order valence-corrected chi connectivity index (χ0v) is 8.64. The molecule has 0 unspecified atom stereocenters. The molecule has 0 aliphatic rings. The van der Waals surface area contributed by atoms with Gasteiger partial charge in [0.05, 0.1) is 14.7 Å². The molecule has 3 nitrogen and oxygen atoms in total. The van der Waals surface area contributed by atoms with Crippen LogP contribution >= 0.6 is 22.9 Å². The molecular formula is C8H7BClNO2S. The van der Waals surface area contributed by atoms with Gasteiger partial charge in [-0.1, -0.05) is 23.7 Å². The summed E-state index contributed by atoms with van der Waals surface area (Å²) in [5.74, 6) is 0. The molecule has 1 heterocycles. The lowest BCUT2D eigenvalue weighted by Crippen LogP contribution is -2.31. The van der Waals surface area contributed by atoms with Crippen molar-refractivity contribution in [3.05, 3.63) is 23.2 Å². The van der Waals surface area contributed by atoms with E-state index in [0.717, 1.165) is 4.70 Å². The van der Waals surface area contributed by atoms with Gasteiger partial charge in [-0.15, -0.1) is 11.3 Å². The van der Waals surface area contributed by atoms with Gasteiger partial charge in [0.25, 0.3) is 0 Å². The van der Waals surface area contributed by atoms with Gasteiger partial charge in [-0.2, -0.15) is 0 Å². The molecule has 0 radical (unpaired) electrons. The van der Waals surface area contributed by atoms with Crippen LogP contribution in [0.4, 0.5) is 5.00 Å². The van der Waals surface area contributed by atoms with Crippen LogP contribution in [-0.4, -0.2) is 17.2 Å². The van der Waals surface area contributed by atoms with Gasteiger partial charge in [-0.05, 0) is 11.5 Å². The molecule has 2 rings (SSSR count). The van der Waals surface area contributed by atoms with Crippen molar-refractivity contribution in [2.45, 2.75) is 0 Å². The van der Waals surface area contributed by atoms with Crippen molar-refractivity contribution in [2.24, 2.45) is 0 Å². The Bertz CT molecular complexity index is 485. The quantitative estimate of drug-likeness (QED) is 0.632. The molecule has 0 amide bonds. The van der Waals surface area contributed by atoms with Crippen molar-refractivity contribution in [2.75, 3.05) is 5.73 Å². The second kappa shape index (κ2) is 3.44. The summed E-state index contributed by atoms with van der Waals surface area (Å²) in [6, 6.07) is 5.26. The van der Waals surface area contributed by atoms with Crippen LogP contribution in [0.2, 0.25) is 5.02 Å². The van der Waals surface area contributed by atoms with E-state index in [1.165, 1.54) is 11.3 Å². The summed E-state index contributed by atoms with van der Waals surface area (Å²) in [7, 11) is -1.55. The van der Waals surface area contributed by atoms with Gasteiger partial charge in [0.15, 0.2) is 0 Å². The number of halogens is 1. The minimum atomic E-state index is -1.55. The normalized spacial score (nSPS) is 10.8. The molecule has 2 aromatic rings. The largest absolute Gasteiger partial charge is 0.492 e. The van der Waals surface area contributed by atoms with E-state index in [1.807, 2.05) is 0 Å². The number of benzene rings is 1. The van der Waals surface area contributed by atoms with Crippen molar-refractivity contribution >= 4 is 50.6 Å². The summed E-state index contributed by atoms with van der Waals surface area (Å²) in [4.78, 5) is 0. The first-order chi connectivity index (χ1) is 6.61. The topological polar surface area (TPSA) is 66.5 Å². The van der Waals surface area contributed by atoms with Crippen molar-refractivity contribution < 1.29 is 10.0 Å². The molecule has 0 spiro atoms. The molecule has 0 aliphatic carbocycles. The fourth-order valence-corrected chi connectivity index (χ4v) is 2.68. The molecule has 14 heavy (non-hydrogen) atoms. The minimum Gasteiger partial charge on any atom is -0.423 e. The number of anilines is 1. The zero-order valence-electron chi connectivity index (χ0n) is 7.07. The zero-order chi connectivity index (χ0) is 10.3. The molecule has 0 aliphatic heterocycles. The van der Waals surface area contributed by atoms with Crippen LogP contribution in [0.5, 0.6) is 0 Å². The average molecular weight is 227 g/mol. The highest BCUT2D eigenvalue weighted by atomic mass is 35.5. The Kier molecular flexibility index (Phi) is 2.40. The first-order valence-electron chi connectivity index (χ1n) is 3.93. The number of rotatable bonds is 1. The molecule has 72 valence electrons. The van der Waals surface area contributed by atoms with Gasteiger partial charge in [0, 0.05) is 5.46 Å². The SMILES string of the molecule is Nc1sc2c(Cl)cccc2c1B(O)O. The minimum absolute atomic E-state index is 0.340. The first-order valence-corrected chi connectivity index (χ1v) is 5.13. The number of hydrogen-bond acceptors (Lipinski definition) is 4. The smallest absolute Gasteiger partial charge is 0.423 e. The molecular weight excluding hydrogens is 220 g/mol. The van der Waals surface area contributed by atoms with E-state index in [1.54, 1.807) is 18.2 Å². The molecule has 0 saturated carbocycles. The molecule has 4 N–H and O–H groups in total. The highest BCUT2D eigenvalue weighted by molar-refractivity contribution is 7.25. The summed E-state index contributed by atoms with van der Waals surface area (Å²) < 4.78 is 0.787. The maximum Gasteiger partial charge on any atom is 0.492 e. The van der Waals surface area contributed by atoms with E-state index >= 15 is 0 Å². The van der Waals surface area contributed by atoms with Gasteiger partial charge in [0.1, 0.15) is 0 Å². The standard InChI is InChI=1S/C8H7BClNO2S/c10-5-3-1-2-4-6(9(12)13)8(11)14-7(4)5/h1-3,12-13H,11H2. The monoisotopic (exact) mass is 227 g/mol. The van der Waals surface area contributed by atoms with Gasteiger partial charge < -0.3 is 15.8 Å². The Balaban J connectivity index is 2.83. The number of fused-ring (bicyclic) bond motifs is 1. The highest BCUT2D eigenvalue weighted by Crippen LogP contribution is 2.31. The van der Waals surface area contributed by atoms with E-state index in [-0.39, 0.29) is 0 Å². The van der Waals surface area contributed by atoms with Crippen LogP contribution in [-0.2, 0) is 0 Å². The second-order valence-electron chi connectivity index (χ2n) is 2.87. The second-order valence-corrected chi connectivity index (χ2v) is 4.33. The van der Waals surface area contributed by atoms with Crippen molar-refractivity contribution in [1.82, 2.24) is 0 Å². The summed E-state index contributed by atoms with van der Waals surface area (Å²) in [6.07, 6.45) is 0. The molecule has 1 aromatic heterocycles. The Morgan fingerprint density at radius 2 is 2.07 bits per heavy atom. The Labute approximate surface area is 89.9 Å². The fraction of sp³-hybridized carbons (Fsp3) is 0. The predicted molar refractivity (Wildman–Crippen MR) is 61.1 cm³/mol. The molecule has 0 fully saturated rings. The van der Waals surface area contributed by atoms with Crippen LogP contribution < -0.4 is 11.2 Å². The van der Waals surface area contributed by atoms with Crippen LogP contribution in [0.3, 0.4) is 0 Å². The lowest BCUT2D eigenvalue weighted by atomic mass is 9.79. The average Bonchev–Trinajstić information content (AvgIpc) is 2.42. The van der Waals surface area contributed by atoms with E-state index in [0.29, 0.717) is 20.9 Å². The number of nitrogens with two attached hydrogens (primary N) is 1. The lowest BCUT2D eigenvalue weighted by Gasteiger charge is -1.98. The van der Waals surface area contributed by atoms with Crippen LogP contribution in [0, 0.1) is 0 Å². The van der Waals surface area contributed by atoms with Gasteiger partial charge >= 0.3 is 7.12 Å². The third-order valence-electron chi connectivity index (χ3n) is 1.99. The third-order valence-corrected chi connectivity index (χ3v) is 3.50. The molecule has 1 aromatic carbocycles. The van der Waals surface area contributed by atoms with Gasteiger partial charge in [-0.3, -0.25) is 0 Å². The molecule has 6 heteroatoms. The summed E-state index contributed by atoms with van der Waals surface area (Å²) >= 11 is 7.20. The van der Waals surface area contributed by atoms with Crippen molar-refractivity contribution in [3.8, 4) is 0 Å². The Hall–Kier alpha value is -0.745. The summed E-state index contributed by atoms with van der Waals surface area (Å²) in [5.41, 5.74) is 6.00. The van der Waals surface area contributed by atoms with E-state index < -0.39 is 7.12 Å². The maximum atomic E-state index is 9.12. The predicted octanol–water partition coefficient (Wildman–Crippen LogP) is 0.817. The maximum absolute atomic E-state index is 9.12. The van der Waals surface area contributed by atoms with Crippen molar-refractivity contribution in [3.63, 3.8) is 0 Å². The van der Waals surface area contributed by atoms with E-state index in [4.69, 9.17) is 27.4 Å². The van der Waals surface area contributed by atoms with Crippen LogP contribution in [0.25, 0.3) is 10.1 Å². The molecule has 0 atom stereocenters. The van der Waals surface area contributed by atoms with Crippen LogP contribution in [0.1, 0.15) is 0 Å². The number of thiophene rings is 1. The molecule has 0 saturated heterocycles. The Morgan fingerprint density at radius 3 is 2.71 bits per heavy atom. The Morgan fingerprint density at radius 1 is 1.36 bits per heavy atom. The number of nitrogen functional groups attached to an aromatic ring is 1. The van der Waals surface area contributed by atoms with Gasteiger partial charge in [-0.25, -0.2) is 0 Å². The lowest BCUT2D eigenvalue weighted by molar-refractivity contribution is 0.426. The van der Waals surface area contributed by atoms with Crippen molar-refractivity contribution in [1.29, 1.82) is 0 Å². The highest BCUT2D eigenvalue weighted by Gasteiger charge is 2.21. The van der Waals surface area contributed by atoms with E-state index in [9.17, 15) is 0 Å². The van der Waals surface area contributed by atoms with Gasteiger partial charge in [0.2, 0.25) is 0 Å². The fourth-order valence-electron chi connectivity index (χ4n) is 1.39. The first kappa shape index (κ1) is 9.80. The number of hydrogen-bond donors (Lipinski definition) is 3. The van der Waals surface area contributed by atoms with E-state index in [2.05, 4.69) is 0 Å². The molecule has 0 bridgehead atoms. The summed E-state index contributed by atoms with van der Waals surface area (Å²) in [5, 5.41) is 19.9. The van der Waals surface area contributed by atoms with Crippen LogP contribution in [0.15, 0.2) is 18.2 Å². The third kappa shape index (κ3) is 1.38. The summed E-state index contributed by atoms with van der Waals surface area (Å²) in [6.45, 7) is 0.